The largest absolute Gasteiger partial charge is 0.390 e. The second-order valence-corrected chi connectivity index (χ2v) is 2.08. The van der Waals surface area contributed by atoms with Gasteiger partial charge < -0.3 is 5.11 Å². The highest BCUT2D eigenvalue weighted by Gasteiger charge is 2.27. The Labute approximate surface area is 38.0 Å². The van der Waals surface area contributed by atoms with Crippen LogP contribution in [0.1, 0.15) is 19.3 Å². The molecule has 1 fully saturated rings. The maximum Gasteiger partial charge on any atom is 0.0649 e. The molecule has 1 N–H and O–H groups in total. The van der Waals surface area contributed by atoms with E-state index in [1.165, 1.54) is 0 Å². The van der Waals surface area contributed by atoms with Gasteiger partial charge in [-0.1, -0.05) is 0 Å². The molecule has 0 aromatic carbocycles. The Morgan fingerprint density at radius 2 is 1.83 bits per heavy atom. The Hall–Kier alpha value is -0.0400. The van der Waals surface area contributed by atoms with E-state index < -0.39 is 5.60 Å². The zero-order valence-corrected chi connectivity index (χ0v) is 3.78. The SMILES string of the molecule is [CH2]C1(O)CCC1. The average molecular weight is 85.1 g/mol. The lowest BCUT2D eigenvalue weighted by molar-refractivity contribution is 0.0113. The van der Waals surface area contributed by atoms with Gasteiger partial charge in [-0.2, -0.15) is 0 Å². The molecule has 0 bridgehead atoms. The lowest BCUT2D eigenvalue weighted by atomic mass is 9.82. The van der Waals surface area contributed by atoms with E-state index >= 15 is 0 Å². The Kier molecular flexibility index (Phi) is 0.667. The van der Waals surface area contributed by atoms with Crippen molar-refractivity contribution in [3.63, 3.8) is 0 Å². The minimum Gasteiger partial charge on any atom is -0.390 e. The molecule has 0 amide bonds. The summed E-state index contributed by atoms with van der Waals surface area (Å²) in [5.41, 5.74) is -0.528. The molecule has 1 radical (unpaired) electrons. The Bertz CT molecular complexity index is 51.0. The summed E-state index contributed by atoms with van der Waals surface area (Å²) in [5.74, 6) is 0. The van der Waals surface area contributed by atoms with Crippen molar-refractivity contribution >= 4 is 0 Å². The molecule has 0 heterocycles. The van der Waals surface area contributed by atoms with Crippen molar-refractivity contribution in [2.45, 2.75) is 24.9 Å². The first-order valence-electron chi connectivity index (χ1n) is 2.28. The van der Waals surface area contributed by atoms with Crippen molar-refractivity contribution < 1.29 is 5.11 Å². The molecule has 1 heteroatoms. The Morgan fingerprint density at radius 3 is 1.83 bits per heavy atom. The molecule has 0 aromatic heterocycles. The molecular formula is C5H9O. The van der Waals surface area contributed by atoms with Crippen LogP contribution in [0.5, 0.6) is 0 Å². The molecule has 1 aliphatic carbocycles. The predicted molar refractivity (Wildman–Crippen MR) is 24.2 cm³/mol. The quantitative estimate of drug-likeness (QED) is 0.460. The van der Waals surface area contributed by atoms with E-state index in [0.29, 0.717) is 0 Å². The molecule has 0 aromatic rings. The maximum atomic E-state index is 8.80. The van der Waals surface area contributed by atoms with E-state index in [1.807, 2.05) is 0 Å². The molecule has 0 spiro atoms. The topological polar surface area (TPSA) is 20.2 Å². The monoisotopic (exact) mass is 85.1 g/mol. The molecule has 0 saturated heterocycles. The van der Waals surface area contributed by atoms with Crippen molar-refractivity contribution in [1.29, 1.82) is 0 Å². The van der Waals surface area contributed by atoms with Crippen LogP contribution in [0, 0.1) is 6.92 Å². The third kappa shape index (κ3) is 0.548. The summed E-state index contributed by atoms with van der Waals surface area (Å²) in [6.07, 6.45) is 2.94. The summed E-state index contributed by atoms with van der Waals surface area (Å²) in [4.78, 5) is 0. The van der Waals surface area contributed by atoms with Gasteiger partial charge in [0.05, 0.1) is 5.60 Å². The van der Waals surface area contributed by atoms with Crippen molar-refractivity contribution in [1.82, 2.24) is 0 Å². The fourth-order valence-electron chi connectivity index (χ4n) is 0.585. The lowest BCUT2D eigenvalue weighted by Crippen LogP contribution is -2.32. The van der Waals surface area contributed by atoms with Gasteiger partial charge in [0.2, 0.25) is 0 Å². The Balaban J connectivity index is 2.31. The Morgan fingerprint density at radius 1 is 1.50 bits per heavy atom. The number of hydrogen-bond donors (Lipinski definition) is 1. The van der Waals surface area contributed by atoms with Crippen LogP contribution in [-0.2, 0) is 0 Å². The summed E-state index contributed by atoms with van der Waals surface area (Å²) >= 11 is 0. The molecule has 0 unspecified atom stereocenters. The van der Waals surface area contributed by atoms with Crippen LogP contribution in [0.2, 0.25) is 0 Å². The van der Waals surface area contributed by atoms with Gasteiger partial charge in [0.25, 0.3) is 0 Å². The van der Waals surface area contributed by atoms with E-state index in [9.17, 15) is 0 Å². The van der Waals surface area contributed by atoms with Crippen LogP contribution in [0.25, 0.3) is 0 Å². The van der Waals surface area contributed by atoms with Crippen molar-refractivity contribution in [2.75, 3.05) is 0 Å². The zero-order valence-electron chi connectivity index (χ0n) is 3.78. The normalized spacial score (nSPS) is 29.0. The predicted octanol–water partition coefficient (Wildman–Crippen LogP) is 0.735. The van der Waals surface area contributed by atoms with Gasteiger partial charge in [0, 0.05) is 0 Å². The van der Waals surface area contributed by atoms with Crippen LogP contribution in [-0.4, -0.2) is 10.7 Å². The summed E-state index contributed by atoms with van der Waals surface area (Å²) in [6.45, 7) is 3.53. The number of rotatable bonds is 0. The van der Waals surface area contributed by atoms with Gasteiger partial charge >= 0.3 is 0 Å². The fourth-order valence-corrected chi connectivity index (χ4v) is 0.585. The highest BCUT2D eigenvalue weighted by Crippen LogP contribution is 2.29. The van der Waals surface area contributed by atoms with Gasteiger partial charge in [-0.25, -0.2) is 0 Å². The van der Waals surface area contributed by atoms with E-state index in [2.05, 4.69) is 6.92 Å². The van der Waals surface area contributed by atoms with Crippen LogP contribution < -0.4 is 0 Å². The second kappa shape index (κ2) is 0.969. The average Bonchev–Trinajstić information content (AvgIpc) is 1.32. The van der Waals surface area contributed by atoms with Gasteiger partial charge in [0.1, 0.15) is 0 Å². The minimum absolute atomic E-state index is 0.528. The number of hydrogen-bond acceptors (Lipinski definition) is 1. The molecule has 35 valence electrons. The van der Waals surface area contributed by atoms with Crippen molar-refractivity contribution in [3.8, 4) is 0 Å². The van der Waals surface area contributed by atoms with Crippen LogP contribution in [0.15, 0.2) is 0 Å². The molecule has 1 nitrogen and oxygen atoms in total. The first kappa shape index (κ1) is 4.13. The van der Waals surface area contributed by atoms with Crippen molar-refractivity contribution in [2.24, 2.45) is 0 Å². The summed E-state index contributed by atoms with van der Waals surface area (Å²) < 4.78 is 0. The third-order valence-electron chi connectivity index (χ3n) is 1.28. The summed E-state index contributed by atoms with van der Waals surface area (Å²) in [6, 6.07) is 0. The first-order valence-corrected chi connectivity index (χ1v) is 2.28. The van der Waals surface area contributed by atoms with E-state index in [0.717, 1.165) is 19.3 Å². The second-order valence-electron chi connectivity index (χ2n) is 2.08. The summed E-state index contributed by atoms with van der Waals surface area (Å²) in [5, 5.41) is 8.80. The molecule has 1 aliphatic rings. The zero-order chi connectivity index (χ0) is 4.62. The van der Waals surface area contributed by atoms with Gasteiger partial charge in [-0.15, -0.1) is 0 Å². The van der Waals surface area contributed by atoms with Crippen LogP contribution >= 0.6 is 0 Å². The molecule has 1 saturated carbocycles. The molecule has 0 aliphatic heterocycles. The smallest absolute Gasteiger partial charge is 0.0649 e. The van der Waals surface area contributed by atoms with Crippen LogP contribution in [0.3, 0.4) is 0 Å². The third-order valence-corrected chi connectivity index (χ3v) is 1.28. The van der Waals surface area contributed by atoms with E-state index in [1.54, 1.807) is 0 Å². The highest BCUT2D eigenvalue weighted by molar-refractivity contribution is 4.89. The molecular weight excluding hydrogens is 76.1 g/mol. The van der Waals surface area contributed by atoms with E-state index in [4.69, 9.17) is 5.11 Å². The lowest BCUT2D eigenvalue weighted by Gasteiger charge is -2.31. The van der Waals surface area contributed by atoms with Gasteiger partial charge in [-0.05, 0) is 26.2 Å². The van der Waals surface area contributed by atoms with Crippen molar-refractivity contribution in [3.05, 3.63) is 6.92 Å². The standard InChI is InChI=1S/C5H9O/c1-5(6)3-2-4-5/h6H,1-4H2. The van der Waals surface area contributed by atoms with Crippen LogP contribution in [0.4, 0.5) is 0 Å². The van der Waals surface area contributed by atoms with Gasteiger partial charge in [0.15, 0.2) is 0 Å². The van der Waals surface area contributed by atoms with Gasteiger partial charge in [-0.3, -0.25) is 0 Å². The maximum absolute atomic E-state index is 8.80. The first-order chi connectivity index (χ1) is 2.71. The highest BCUT2D eigenvalue weighted by atomic mass is 16.3. The molecule has 1 rings (SSSR count). The minimum atomic E-state index is -0.528. The molecule has 0 atom stereocenters. The summed E-state index contributed by atoms with van der Waals surface area (Å²) in [7, 11) is 0. The van der Waals surface area contributed by atoms with E-state index in [-0.39, 0.29) is 0 Å². The fraction of sp³-hybridized carbons (Fsp3) is 0.800. The number of aliphatic hydroxyl groups is 1. The molecule has 6 heavy (non-hydrogen) atoms.